The fourth-order valence-electron chi connectivity index (χ4n) is 2.67. The van der Waals surface area contributed by atoms with Crippen molar-refractivity contribution in [2.24, 2.45) is 0 Å². The number of hydrogen-bond acceptors (Lipinski definition) is 10. The van der Waals surface area contributed by atoms with Gasteiger partial charge in [-0.1, -0.05) is 0 Å². The van der Waals surface area contributed by atoms with Gasteiger partial charge in [-0.3, -0.25) is 9.13 Å². The van der Waals surface area contributed by atoms with Gasteiger partial charge in [0.05, 0.1) is 6.61 Å². The molecule has 2 saturated heterocycles. The predicted molar refractivity (Wildman–Crippen MR) is 79.4 cm³/mol. The van der Waals surface area contributed by atoms with Crippen molar-refractivity contribution in [3.8, 4) is 0 Å². The molecule has 4 rings (SSSR count). The average molecular weight is 448 g/mol. The molecular weight excluding hydrogens is 436 g/mol. The number of anilines is 1. The molecular formula is C10H12BrN5NaO7P. The van der Waals surface area contributed by atoms with Crippen LogP contribution in [0.25, 0.3) is 11.2 Å². The van der Waals surface area contributed by atoms with Gasteiger partial charge in [-0.25, -0.2) is 15.0 Å². The standard InChI is InChI=1S/C10H11BrN5O6P.Na.H2O/c11-10-15-4-7(12)13-2-14-8(4)16(10)9-5(17)6-3(21-9)1-20-23(18,19)22-6;;/h2-3,5-6,9,17H,1H2,(H,18,19)(H2,12,13,14);;1H2/q;+1;/p-1. The Morgan fingerprint density at radius 2 is 2.20 bits per heavy atom. The Hall–Kier alpha value is -0.180. The molecule has 0 saturated carbocycles. The van der Waals surface area contributed by atoms with Gasteiger partial charge in [-0.15, -0.1) is 0 Å². The normalized spacial score (nSPS) is 34.2. The van der Waals surface area contributed by atoms with E-state index in [-0.39, 0.29) is 47.5 Å². The molecule has 5 N–H and O–H groups in total. The van der Waals surface area contributed by atoms with Crippen LogP contribution >= 0.6 is 23.8 Å². The molecule has 0 amide bonds. The summed E-state index contributed by atoms with van der Waals surface area (Å²) >= 11 is 3.25. The molecule has 2 aromatic heterocycles. The van der Waals surface area contributed by atoms with E-state index >= 15 is 0 Å². The number of nitrogens with zero attached hydrogens (tertiary/aromatic N) is 4. The van der Waals surface area contributed by atoms with E-state index in [1.165, 1.54) is 10.9 Å². The summed E-state index contributed by atoms with van der Waals surface area (Å²) in [4.78, 5) is 23.5. The maximum absolute atomic E-state index is 11.4. The number of rotatable bonds is 1. The molecule has 0 radical (unpaired) electrons. The van der Waals surface area contributed by atoms with Crippen LogP contribution in [0.2, 0.25) is 0 Å². The minimum Gasteiger partial charge on any atom is -0.756 e. The Balaban J connectivity index is 0.00000113. The van der Waals surface area contributed by atoms with E-state index in [0.29, 0.717) is 15.9 Å². The molecule has 15 heteroatoms. The minimum absolute atomic E-state index is 0. The number of phosphoric acid groups is 1. The Bertz CT molecular complexity index is 839. The van der Waals surface area contributed by atoms with Gasteiger partial charge in [-0.2, -0.15) is 0 Å². The first-order valence-corrected chi connectivity index (χ1v) is 8.74. The summed E-state index contributed by atoms with van der Waals surface area (Å²) in [6.07, 6.45) is -2.80. The Labute approximate surface area is 171 Å². The van der Waals surface area contributed by atoms with Crippen molar-refractivity contribution in [2.45, 2.75) is 24.5 Å². The van der Waals surface area contributed by atoms with Gasteiger partial charge < -0.3 is 35.0 Å². The first-order chi connectivity index (χ1) is 10.9. The van der Waals surface area contributed by atoms with Crippen LogP contribution in [0.15, 0.2) is 11.1 Å². The number of aliphatic hydroxyl groups is 1. The van der Waals surface area contributed by atoms with E-state index in [4.69, 9.17) is 15.0 Å². The SMILES string of the molecule is Nc1ncnc2c1nc(Br)n2C1OC2COP(=O)([O-])OC2C1O.O.[Na+]. The smallest absolute Gasteiger partial charge is 0.756 e. The second-order valence-corrected chi connectivity index (χ2v) is 7.12. The van der Waals surface area contributed by atoms with Crippen LogP contribution in [-0.2, 0) is 18.3 Å². The molecule has 2 aromatic rings. The van der Waals surface area contributed by atoms with E-state index in [1.54, 1.807) is 0 Å². The zero-order chi connectivity index (χ0) is 16.4. The number of ether oxygens (including phenoxy) is 1. The summed E-state index contributed by atoms with van der Waals surface area (Å²) in [6, 6.07) is 0. The number of imidazole rings is 1. The summed E-state index contributed by atoms with van der Waals surface area (Å²) in [7, 11) is -4.44. The van der Waals surface area contributed by atoms with Crippen LogP contribution in [0.3, 0.4) is 0 Å². The van der Waals surface area contributed by atoms with E-state index in [0.717, 1.165) is 0 Å². The number of nitrogen functional groups attached to an aromatic ring is 1. The van der Waals surface area contributed by atoms with Crippen LogP contribution < -0.4 is 40.2 Å². The van der Waals surface area contributed by atoms with Crippen LogP contribution in [-0.4, -0.2) is 55.0 Å². The van der Waals surface area contributed by atoms with Gasteiger partial charge >= 0.3 is 29.6 Å². The third kappa shape index (κ3) is 3.51. The van der Waals surface area contributed by atoms with Gasteiger partial charge in [0, 0.05) is 0 Å². The maximum atomic E-state index is 11.4. The number of aliphatic hydroxyl groups excluding tert-OH is 1. The van der Waals surface area contributed by atoms with Crippen molar-refractivity contribution in [2.75, 3.05) is 12.3 Å². The minimum atomic E-state index is -4.44. The largest absolute Gasteiger partial charge is 1.00 e. The Kier molecular flexibility index (Phi) is 6.29. The molecule has 0 bridgehead atoms. The van der Waals surface area contributed by atoms with E-state index in [2.05, 4.69) is 35.4 Å². The van der Waals surface area contributed by atoms with Crippen molar-refractivity contribution in [1.29, 1.82) is 0 Å². The average Bonchev–Trinajstić information content (AvgIpc) is 2.97. The molecule has 2 aliphatic rings. The second-order valence-electron chi connectivity index (χ2n) is 5.05. The monoisotopic (exact) mass is 447 g/mol. The molecule has 132 valence electrons. The Morgan fingerprint density at radius 1 is 1.48 bits per heavy atom. The first kappa shape index (κ1) is 21.1. The van der Waals surface area contributed by atoms with Crippen molar-refractivity contribution < 1.29 is 63.4 Å². The molecule has 5 atom stereocenters. The van der Waals surface area contributed by atoms with Crippen molar-refractivity contribution >= 4 is 40.7 Å². The number of hydrogen-bond donors (Lipinski definition) is 2. The Morgan fingerprint density at radius 3 is 2.92 bits per heavy atom. The molecule has 4 heterocycles. The number of aromatic nitrogens is 4. The quantitative estimate of drug-likeness (QED) is 0.244. The van der Waals surface area contributed by atoms with Gasteiger partial charge in [0.2, 0.25) is 0 Å². The summed E-state index contributed by atoms with van der Waals surface area (Å²) in [6.45, 7) is -0.236. The van der Waals surface area contributed by atoms with Crippen LogP contribution in [0.4, 0.5) is 5.82 Å². The number of phosphoric ester groups is 1. The second kappa shape index (κ2) is 7.44. The van der Waals surface area contributed by atoms with Gasteiger partial charge in [0.25, 0.3) is 7.82 Å². The van der Waals surface area contributed by atoms with Gasteiger partial charge in [-0.05, 0) is 15.9 Å². The topological polar surface area (TPSA) is 189 Å². The zero-order valence-electron chi connectivity index (χ0n) is 12.8. The molecule has 2 fully saturated rings. The van der Waals surface area contributed by atoms with Gasteiger partial charge in [0.15, 0.2) is 27.9 Å². The molecule has 2 aliphatic heterocycles. The molecule has 25 heavy (non-hydrogen) atoms. The molecule has 0 aliphatic carbocycles. The number of halogens is 1. The number of fused-ring (bicyclic) bond motifs is 2. The fourth-order valence-corrected chi connectivity index (χ4v) is 4.16. The maximum Gasteiger partial charge on any atom is 1.00 e. The fraction of sp³-hybridized carbons (Fsp3) is 0.500. The molecule has 0 spiro atoms. The third-order valence-electron chi connectivity index (χ3n) is 3.67. The van der Waals surface area contributed by atoms with E-state index < -0.39 is 32.4 Å². The van der Waals surface area contributed by atoms with Crippen molar-refractivity contribution in [1.82, 2.24) is 19.5 Å². The summed E-state index contributed by atoms with van der Waals surface area (Å²) < 4.78 is 28.2. The summed E-state index contributed by atoms with van der Waals surface area (Å²) in [5.74, 6) is 0.169. The van der Waals surface area contributed by atoms with E-state index in [1.807, 2.05) is 0 Å². The third-order valence-corrected chi connectivity index (χ3v) is 5.20. The zero-order valence-corrected chi connectivity index (χ0v) is 17.3. The summed E-state index contributed by atoms with van der Waals surface area (Å²) in [5.41, 5.74) is 6.41. The van der Waals surface area contributed by atoms with Crippen molar-refractivity contribution in [3.63, 3.8) is 0 Å². The summed E-state index contributed by atoms with van der Waals surface area (Å²) in [5, 5.41) is 10.4. The van der Waals surface area contributed by atoms with Gasteiger partial charge in [0.1, 0.15) is 24.6 Å². The molecule has 0 aromatic carbocycles. The van der Waals surface area contributed by atoms with Crippen molar-refractivity contribution in [3.05, 3.63) is 11.1 Å². The first-order valence-electron chi connectivity index (χ1n) is 6.49. The number of nitrogens with two attached hydrogens (primary N) is 1. The van der Waals surface area contributed by atoms with Crippen LogP contribution in [0, 0.1) is 0 Å². The molecule has 12 nitrogen and oxygen atoms in total. The predicted octanol–water partition coefficient (Wildman–Crippen LogP) is -4.51. The van der Waals surface area contributed by atoms with Crippen LogP contribution in [0.1, 0.15) is 6.23 Å². The molecule has 5 unspecified atom stereocenters. The van der Waals surface area contributed by atoms with E-state index in [9.17, 15) is 14.6 Å². The van der Waals surface area contributed by atoms with Crippen LogP contribution in [0.5, 0.6) is 0 Å².